The van der Waals surface area contributed by atoms with Crippen LogP contribution in [0.3, 0.4) is 0 Å². The molecule has 2 aliphatic heterocycles. The SMILES string of the molecule is CON=Cc1ccc2c(c1)C(=O)c1ccc(C3=C(C(=O)O)N4C(=O)[C@H]([C@@H](C)O)[C@H]4C3)cc1-2. The lowest BCUT2D eigenvalue weighted by molar-refractivity contribution is -0.161. The Labute approximate surface area is 183 Å². The van der Waals surface area contributed by atoms with Crippen molar-refractivity contribution in [2.45, 2.75) is 25.5 Å². The van der Waals surface area contributed by atoms with Crippen LogP contribution in [0.4, 0.5) is 0 Å². The third kappa shape index (κ3) is 2.73. The van der Waals surface area contributed by atoms with Gasteiger partial charge in [-0.05, 0) is 59.4 Å². The first-order chi connectivity index (χ1) is 15.3. The van der Waals surface area contributed by atoms with E-state index in [-0.39, 0.29) is 23.4 Å². The molecule has 0 unspecified atom stereocenters. The lowest BCUT2D eigenvalue weighted by atomic mass is 9.82. The molecule has 5 rings (SSSR count). The molecule has 0 spiro atoms. The van der Waals surface area contributed by atoms with E-state index in [1.54, 1.807) is 25.1 Å². The minimum atomic E-state index is -1.18. The molecule has 3 atom stereocenters. The lowest BCUT2D eigenvalue weighted by Gasteiger charge is -2.44. The molecule has 2 N–H and O–H groups in total. The van der Waals surface area contributed by atoms with Crippen LogP contribution in [-0.4, -0.2) is 58.2 Å². The number of carboxylic acids is 1. The third-order valence-electron chi connectivity index (χ3n) is 6.43. The highest BCUT2D eigenvalue weighted by Gasteiger charge is 2.56. The van der Waals surface area contributed by atoms with Crippen LogP contribution in [0.1, 0.15) is 40.4 Å². The maximum absolute atomic E-state index is 12.9. The van der Waals surface area contributed by atoms with E-state index < -0.39 is 18.0 Å². The predicted octanol–water partition coefficient (Wildman–Crippen LogP) is 2.29. The number of ketones is 1. The topological polar surface area (TPSA) is 116 Å². The van der Waals surface area contributed by atoms with Crippen LogP contribution in [0.25, 0.3) is 16.7 Å². The minimum absolute atomic E-state index is 0.0486. The van der Waals surface area contributed by atoms with Crippen LogP contribution in [-0.2, 0) is 14.4 Å². The van der Waals surface area contributed by atoms with Crippen molar-refractivity contribution in [3.63, 3.8) is 0 Å². The Balaban J connectivity index is 1.58. The highest BCUT2D eigenvalue weighted by atomic mass is 16.6. The summed E-state index contributed by atoms with van der Waals surface area (Å²) in [5, 5.41) is 23.5. The molecule has 2 aromatic carbocycles. The summed E-state index contributed by atoms with van der Waals surface area (Å²) < 4.78 is 0. The van der Waals surface area contributed by atoms with Gasteiger partial charge < -0.3 is 20.0 Å². The number of benzene rings is 2. The second-order valence-electron chi connectivity index (χ2n) is 8.19. The van der Waals surface area contributed by atoms with E-state index in [1.165, 1.54) is 18.2 Å². The number of carboxylic acid groups (broad SMARTS) is 1. The van der Waals surface area contributed by atoms with Gasteiger partial charge in [-0.1, -0.05) is 23.4 Å². The van der Waals surface area contributed by atoms with Gasteiger partial charge in [0.15, 0.2) is 5.78 Å². The number of carbonyl (C=O) groups excluding carboxylic acids is 2. The molecule has 0 bridgehead atoms. The largest absolute Gasteiger partial charge is 0.477 e. The average molecular weight is 432 g/mol. The number of carbonyl (C=O) groups is 3. The number of hydrogen-bond acceptors (Lipinski definition) is 6. The Hall–Kier alpha value is -3.78. The van der Waals surface area contributed by atoms with Crippen LogP contribution in [0.2, 0.25) is 0 Å². The van der Waals surface area contributed by atoms with Crippen LogP contribution in [0.5, 0.6) is 0 Å². The zero-order chi connectivity index (χ0) is 22.7. The van der Waals surface area contributed by atoms with E-state index in [1.807, 2.05) is 18.2 Å². The van der Waals surface area contributed by atoms with Crippen LogP contribution in [0, 0.1) is 5.92 Å². The van der Waals surface area contributed by atoms with Gasteiger partial charge in [0.05, 0.1) is 24.3 Å². The van der Waals surface area contributed by atoms with Crippen LogP contribution < -0.4 is 0 Å². The lowest BCUT2D eigenvalue weighted by Crippen LogP contribution is -2.61. The summed E-state index contributed by atoms with van der Waals surface area (Å²) >= 11 is 0. The molecule has 0 saturated carbocycles. The molecular weight excluding hydrogens is 412 g/mol. The maximum atomic E-state index is 12.9. The maximum Gasteiger partial charge on any atom is 0.352 e. The second-order valence-corrected chi connectivity index (χ2v) is 8.19. The van der Waals surface area contributed by atoms with E-state index in [4.69, 9.17) is 4.84 Å². The highest BCUT2D eigenvalue weighted by Crippen LogP contribution is 2.48. The Morgan fingerprint density at radius 3 is 2.59 bits per heavy atom. The summed E-state index contributed by atoms with van der Waals surface area (Å²) in [4.78, 5) is 43.4. The van der Waals surface area contributed by atoms with Gasteiger partial charge in [0.1, 0.15) is 12.8 Å². The van der Waals surface area contributed by atoms with Crippen LogP contribution >= 0.6 is 0 Å². The molecular formula is C24H20N2O6. The summed E-state index contributed by atoms with van der Waals surface area (Å²) in [5.41, 5.74) is 4.44. The van der Waals surface area contributed by atoms with Crippen molar-refractivity contribution in [3.05, 3.63) is 64.3 Å². The van der Waals surface area contributed by atoms with Crippen molar-refractivity contribution in [1.29, 1.82) is 0 Å². The second kappa shape index (κ2) is 7.13. The first kappa shape index (κ1) is 20.1. The number of fused-ring (bicyclic) bond motifs is 4. The molecule has 0 aromatic heterocycles. The van der Waals surface area contributed by atoms with Crippen LogP contribution in [0.15, 0.2) is 47.3 Å². The molecule has 1 amide bonds. The molecule has 2 aromatic rings. The molecule has 3 aliphatic rings. The monoisotopic (exact) mass is 432 g/mol. The van der Waals surface area contributed by atoms with Crippen molar-refractivity contribution in [2.24, 2.45) is 11.1 Å². The third-order valence-corrected chi connectivity index (χ3v) is 6.43. The van der Waals surface area contributed by atoms with Gasteiger partial charge >= 0.3 is 5.97 Å². The fourth-order valence-corrected chi connectivity index (χ4v) is 5.00. The number of rotatable bonds is 5. The highest BCUT2D eigenvalue weighted by molar-refractivity contribution is 6.22. The number of aliphatic hydroxyl groups excluding tert-OH is 1. The fraction of sp³-hybridized carbons (Fsp3) is 0.250. The fourth-order valence-electron chi connectivity index (χ4n) is 5.00. The molecule has 162 valence electrons. The Kier molecular flexibility index (Phi) is 4.49. The van der Waals surface area contributed by atoms with Gasteiger partial charge in [-0.3, -0.25) is 9.59 Å². The van der Waals surface area contributed by atoms with E-state index in [0.29, 0.717) is 28.7 Å². The number of hydrogen-bond donors (Lipinski definition) is 2. The van der Waals surface area contributed by atoms with Crippen molar-refractivity contribution in [1.82, 2.24) is 4.90 Å². The minimum Gasteiger partial charge on any atom is -0.477 e. The van der Waals surface area contributed by atoms with Gasteiger partial charge in [0.25, 0.3) is 0 Å². The number of nitrogens with zero attached hydrogens (tertiary/aromatic N) is 2. The first-order valence-corrected chi connectivity index (χ1v) is 10.2. The first-order valence-electron chi connectivity index (χ1n) is 10.2. The zero-order valence-electron chi connectivity index (χ0n) is 17.4. The number of aliphatic hydroxyl groups is 1. The quantitative estimate of drug-likeness (QED) is 0.363. The predicted molar refractivity (Wildman–Crippen MR) is 115 cm³/mol. The van der Waals surface area contributed by atoms with E-state index in [2.05, 4.69) is 5.16 Å². The normalized spacial score (nSPS) is 22.0. The van der Waals surface area contributed by atoms with Crippen molar-refractivity contribution in [2.75, 3.05) is 7.11 Å². The molecule has 1 saturated heterocycles. The number of oxime groups is 1. The van der Waals surface area contributed by atoms with E-state index in [0.717, 1.165) is 16.7 Å². The van der Waals surface area contributed by atoms with E-state index in [9.17, 15) is 24.6 Å². The Morgan fingerprint density at radius 1 is 1.16 bits per heavy atom. The van der Waals surface area contributed by atoms with Crippen molar-refractivity contribution in [3.8, 4) is 11.1 Å². The number of aliphatic carboxylic acids is 1. The Morgan fingerprint density at radius 2 is 1.91 bits per heavy atom. The van der Waals surface area contributed by atoms with Gasteiger partial charge in [-0.15, -0.1) is 0 Å². The van der Waals surface area contributed by atoms with E-state index >= 15 is 0 Å². The Bertz CT molecular complexity index is 1260. The zero-order valence-corrected chi connectivity index (χ0v) is 17.4. The van der Waals surface area contributed by atoms with Gasteiger partial charge in [-0.25, -0.2) is 4.79 Å². The summed E-state index contributed by atoms with van der Waals surface area (Å²) in [7, 11) is 1.44. The molecule has 8 heteroatoms. The number of β-lactam (4-membered cyclic amide) rings is 1. The number of amides is 1. The van der Waals surface area contributed by atoms with Crippen molar-refractivity contribution >= 4 is 29.4 Å². The molecule has 0 radical (unpaired) electrons. The molecule has 32 heavy (non-hydrogen) atoms. The molecule has 1 fully saturated rings. The average Bonchev–Trinajstić information content (AvgIpc) is 3.24. The van der Waals surface area contributed by atoms with Gasteiger partial charge in [0.2, 0.25) is 5.91 Å². The summed E-state index contributed by atoms with van der Waals surface area (Å²) in [6, 6.07) is 10.3. The van der Waals surface area contributed by atoms with Gasteiger partial charge in [0, 0.05) is 11.1 Å². The summed E-state index contributed by atoms with van der Waals surface area (Å²) in [5.74, 6) is -2.27. The smallest absolute Gasteiger partial charge is 0.352 e. The van der Waals surface area contributed by atoms with Gasteiger partial charge in [-0.2, -0.15) is 0 Å². The summed E-state index contributed by atoms with van der Waals surface area (Å²) in [6.45, 7) is 1.54. The molecule has 2 heterocycles. The van der Waals surface area contributed by atoms with Crippen molar-refractivity contribution < 1.29 is 29.4 Å². The standard InChI is InChI=1S/C24H20N2O6/c1-11(27)20-19-9-16(21(24(30)31)26(19)23(20)29)13-4-6-15-17(8-13)14-5-3-12(10-25-32-2)7-18(14)22(15)28/h3-8,10-11,19-20,27H,9H2,1-2H3,(H,30,31)/t11-,19-,20-/m1/s1. The molecule has 8 nitrogen and oxygen atoms in total. The molecule has 1 aliphatic carbocycles. The summed E-state index contributed by atoms with van der Waals surface area (Å²) in [6.07, 6.45) is 1.01.